The van der Waals surface area contributed by atoms with Crippen LogP contribution in [0.25, 0.3) is 0 Å². The summed E-state index contributed by atoms with van der Waals surface area (Å²) in [6.45, 7) is 15.5. The van der Waals surface area contributed by atoms with Crippen molar-refractivity contribution in [3.63, 3.8) is 0 Å². The average molecular weight is 378 g/mol. The lowest BCUT2D eigenvalue weighted by atomic mass is 9.48. The van der Waals surface area contributed by atoms with Crippen molar-refractivity contribution >= 4 is 0 Å². The number of aryl methyl sites for hydroxylation is 1. The van der Waals surface area contributed by atoms with Gasteiger partial charge in [0.1, 0.15) is 0 Å². The molecule has 28 heavy (non-hydrogen) atoms. The molecule has 0 amide bonds. The molecule has 1 nitrogen and oxygen atoms in total. The number of hydrogen-bond acceptors (Lipinski definition) is 1. The minimum atomic E-state index is 0.562. The smallest absolute Gasteiger partial charge is 0.0494 e. The van der Waals surface area contributed by atoms with Gasteiger partial charge in [0.15, 0.2) is 0 Å². The summed E-state index contributed by atoms with van der Waals surface area (Å²) in [6, 6.07) is 10.0. The van der Waals surface area contributed by atoms with Crippen molar-refractivity contribution in [2.75, 3.05) is 6.54 Å². The summed E-state index contributed by atoms with van der Waals surface area (Å²) >= 11 is 0. The number of allylic oxidation sites excluding steroid dienone is 1. The monoisotopic (exact) mass is 377 g/mol. The first-order chi connectivity index (χ1) is 13.4. The number of likely N-dealkylation sites (tertiary alicyclic amines) is 1. The molecule has 4 aliphatic carbocycles. The van der Waals surface area contributed by atoms with Gasteiger partial charge >= 0.3 is 0 Å². The first kappa shape index (κ1) is 19.8. The zero-order valence-corrected chi connectivity index (χ0v) is 18.3. The molecule has 1 saturated heterocycles. The van der Waals surface area contributed by atoms with E-state index in [4.69, 9.17) is 0 Å². The third kappa shape index (κ3) is 3.82. The van der Waals surface area contributed by atoms with Gasteiger partial charge in [-0.05, 0) is 101 Å². The molecule has 1 aromatic carbocycles. The van der Waals surface area contributed by atoms with Gasteiger partial charge in [-0.15, -0.1) is 0 Å². The van der Waals surface area contributed by atoms with Gasteiger partial charge in [-0.3, -0.25) is 0 Å². The Bertz CT molecular complexity index is 670. The summed E-state index contributed by atoms with van der Waals surface area (Å²) in [6.07, 6.45) is 11.6. The molecule has 4 saturated carbocycles. The Morgan fingerprint density at radius 2 is 1.46 bits per heavy atom. The molecule has 1 heterocycles. The van der Waals surface area contributed by atoms with Gasteiger partial charge in [0, 0.05) is 18.3 Å². The molecule has 5 fully saturated rings. The van der Waals surface area contributed by atoms with Gasteiger partial charge in [0.2, 0.25) is 0 Å². The second-order valence-electron chi connectivity index (χ2n) is 10.5. The standard InChI is InChI=1S/C17H22.C10H17N/c1-12-2-4-16(5-3-12)17-9-13-6-14(10-17)8-15(7-13)11-17;1-8(2)10-6-5-7-11(10)9(3)4/h2-5,13-15H,6-11H2,1H3;10H,1,3,5-7H2,2,4H3. The number of benzene rings is 1. The van der Waals surface area contributed by atoms with Crippen LogP contribution in [-0.2, 0) is 5.41 Å². The third-order valence-corrected chi connectivity index (χ3v) is 8.01. The Labute approximate surface area is 172 Å². The van der Waals surface area contributed by atoms with E-state index >= 15 is 0 Å². The highest BCUT2D eigenvalue weighted by Gasteiger charge is 2.51. The van der Waals surface area contributed by atoms with Crippen LogP contribution in [-0.4, -0.2) is 17.5 Å². The molecule has 0 aromatic heterocycles. The topological polar surface area (TPSA) is 3.24 Å². The van der Waals surface area contributed by atoms with E-state index in [0.29, 0.717) is 11.5 Å². The normalized spacial score (nSPS) is 35.5. The van der Waals surface area contributed by atoms with E-state index in [1.807, 2.05) is 0 Å². The lowest BCUT2D eigenvalue weighted by molar-refractivity contribution is -0.00519. The molecule has 4 bridgehead atoms. The molecule has 5 aliphatic rings. The van der Waals surface area contributed by atoms with Crippen LogP contribution in [0.15, 0.2) is 48.7 Å². The third-order valence-electron chi connectivity index (χ3n) is 8.01. The highest BCUT2D eigenvalue weighted by Crippen LogP contribution is 2.60. The number of hydrogen-bond donors (Lipinski definition) is 0. The van der Waals surface area contributed by atoms with Gasteiger partial charge in [-0.1, -0.05) is 48.6 Å². The minimum absolute atomic E-state index is 0.562. The van der Waals surface area contributed by atoms with Crippen molar-refractivity contribution in [2.45, 2.75) is 83.6 Å². The molecule has 0 spiro atoms. The van der Waals surface area contributed by atoms with Crippen molar-refractivity contribution in [2.24, 2.45) is 17.8 Å². The Morgan fingerprint density at radius 3 is 1.89 bits per heavy atom. The van der Waals surface area contributed by atoms with Crippen molar-refractivity contribution < 1.29 is 0 Å². The number of rotatable bonds is 3. The summed E-state index contributed by atoms with van der Waals surface area (Å²) in [5.41, 5.74) is 6.09. The largest absolute Gasteiger partial charge is 0.369 e. The van der Waals surface area contributed by atoms with Crippen molar-refractivity contribution in [1.82, 2.24) is 4.90 Å². The van der Waals surface area contributed by atoms with Crippen LogP contribution in [0.4, 0.5) is 0 Å². The highest BCUT2D eigenvalue weighted by atomic mass is 15.2. The van der Waals surface area contributed by atoms with Crippen molar-refractivity contribution in [3.05, 3.63) is 59.8 Å². The van der Waals surface area contributed by atoms with Crippen LogP contribution in [0.2, 0.25) is 0 Å². The van der Waals surface area contributed by atoms with E-state index in [1.54, 1.807) is 24.8 Å². The summed E-state index contributed by atoms with van der Waals surface area (Å²) < 4.78 is 0. The SMILES string of the molecule is C=C(C)C1CCCN1C(=C)C.Cc1ccc(C23CC4CC(CC(C4)C2)C3)cc1. The molecule has 1 aromatic rings. The summed E-state index contributed by atoms with van der Waals surface area (Å²) in [7, 11) is 0. The van der Waals surface area contributed by atoms with Crippen molar-refractivity contribution in [1.29, 1.82) is 0 Å². The summed E-state index contributed by atoms with van der Waals surface area (Å²) in [4.78, 5) is 2.35. The molecule has 1 unspecified atom stereocenters. The van der Waals surface area contributed by atoms with E-state index in [9.17, 15) is 0 Å². The Morgan fingerprint density at radius 1 is 0.929 bits per heavy atom. The molecule has 0 N–H and O–H groups in total. The van der Waals surface area contributed by atoms with Crippen LogP contribution in [0.3, 0.4) is 0 Å². The molecule has 1 atom stereocenters. The molecule has 6 rings (SSSR count). The van der Waals surface area contributed by atoms with Gasteiger partial charge in [0.25, 0.3) is 0 Å². The van der Waals surface area contributed by atoms with Crippen molar-refractivity contribution in [3.8, 4) is 0 Å². The van der Waals surface area contributed by atoms with E-state index in [0.717, 1.165) is 24.3 Å². The second kappa shape index (κ2) is 7.73. The Balaban J connectivity index is 0.000000153. The van der Waals surface area contributed by atoms with Gasteiger partial charge < -0.3 is 4.90 Å². The predicted octanol–water partition coefficient (Wildman–Crippen LogP) is 7.02. The van der Waals surface area contributed by atoms with E-state index < -0.39 is 0 Å². The Hall–Kier alpha value is -1.50. The lowest BCUT2D eigenvalue weighted by Gasteiger charge is -2.57. The van der Waals surface area contributed by atoms with E-state index in [-0.39, 0.29) is 0 Å². The number of nitrogens with zero attached hydrogens (tertiary/aromatic N) is 1. The maximum atomic E-state index is 3.99. The zero-order chi connectivity index (χ0) is 19.9. The molecule has 1 aliphatic heterocycles. The van der Waals surface area contributed by atoms with Gasteiger partial charge in [-0.2, -0.15) is 0 Å². The molecular weight excluding hydrogens is 338 g/mol. The molecule has 152 valence electrons. The van der Waals surface area contributed by atoms with Crippen LogP contribution in [0.1, 0.15) is 76.3 Å². The first-order valence-corrected chi connectivity index (χ1v) is 11.5. The molecular formula is C27H39N. The van der Waals surface area contributed by atoms with Gasteiger partial charge in [-0.25, -0.2) is 0 Å². The van der Waals surface area contributed by atoms with Crippen LogP contribution < -0.4 is 0 Å². The highest BCUT2D eigenvalue weighted by molar-refractivity contribution is 5.31. The fourth-order valence-electron chi connectivity index (χ4n) is 7.11. The maximum Gasteiger partial charge on any atom is 0.0494 e. The molecule has 1 heteroatoms. The quantitative estimate of drug-likeness (QED) is 0.511. The van der Waals surface area contributed by atoms with E-state index in [2.05, 4.69) is 63.1 Å². The zero-order valence-electron chi connectivity index (χ0n) is 18.3. The second-order valence-corrected chi connectivity index (χ2v) is 10.5. The van der Waals surface area contributed by atoms with E-state index in [1.165, 1.54) is 48.9 Å². The summed E-state index contributed by atoms with van der Waals surface area (Å²) in [5.74, 6) is 3.17. The van der Waals surface area contributed by atoms with Crippen LogP contribution in [0, 0.1) is 24.7 Å². The molecule has 0 radical (unpaired) electrons. The summed E-state index contributed by atoms with van der Waals surface area (Å²) in [5, 5.41) is 0. The van der Waals surface area contributed by atoms with Crippen LogP contribution >= 0.6 is 0 Å². The Kier molecular flexibility index (Phi) is 5.47. The van der Waals surface area contributed by atoms with Crippen LogP contribution in [0.5, 0.6) is 0 Å². The fraction of sp³-hybridized carbons (Fsp3) is 0.630. The minimum Gasteiger partial charge on any atom is -0.369 e. The first-order valence-electron chi connectivity index (χ1n) is 11.5. The predicted molar refractivity (Wildman–Crippen MR) is 120 cm³/mol. The average Bonchev–Trinajstić information content (AvgIpc) is 3.12. The fourth-order valence-corrected chi connectivity index (χ4v) is 7.11. The van der Waals surface area contributed by atoms with Gasteiger partial charge in [0.05, 0.1) is 0 Å². The lowest BCUT2D eigenvalue weighted by Crippen LogP contribution is -2.48. The maximum absolute atomic E-state index is 3.99.